The maximum absolute atomic E-state index is 11.9. The predicted octanol–water partition coefficient (Wildman–Crippen LogP) is 1.99. The van der Waals surface area contributed by atoms with Crippen molar-refractivity contribution < 1.29 is 0 Å². The number of nitrogens with zero attached hydrogens (tertiary/aromatic N) is 2. The summed E-state index contributed by atoms with van der Waals surface area (Å²) < 4.78 is 0. The highest BCUT2D eigenvalue weighted by Crippen LogP contribution is 2.15. The number of fused-ring (bicyclic) bond motifs is 1. The highest BCUT2D eigenvalue weighted by Gasteiger charge is 2.06. The van der Waals surface area contributed by atoms with Crippen LogP contribution in [0.15, 0.2) is 53.6 Å². The third kappa shape index (κ3) is 1.69. The Morgan fingerprint density at radius 1 is 1.00 bits per heavy atom. The molecule has 82 valence electrons. The molecule has 0 bridgehead atoms. The number of aromatic nitrogens is 3. The van der Waals surface area contributed by atoms with Crippen molar-refractivity contribution in [1.29, 1.82) is 0 Å². The van der Waals surface area contributed by atoms with Gasteiger partial charge < -0.3 is 4.98 Å². The monoisotopic (exact) mass is 223 g/mol. The van der Waals surface area contributed by atoms with Gasteiger partial charge in [-0.2, -0.15) is 0 Å². The van der Waals surface area contributed by atoms with Crippen LogP contribution in [-0.4, -0.2) is 15.0 Å². The molecule has 0 aliphatic rings. The highest BCUT2D eigenvalue weighted by atomic mass is 16.1. The van der Waals surface area contributed by atoms with Gasteiger partial charge in [-0.15, -0.1) is 0 Å². The number of hydrogen-bond donors (Lipinski definition) is 1. The van der Waals surface area contributed by atoms with Crippen molar-refractivity contribution in [2.24, 2.45) is 0 Å². The third-order valence-corrected chi connectivity index (χ3v) is 2.56. The summed E-state index contributed by atoms with van der Waals surface area (Å²) in [6.07, 6.45) is 3.24. The van der Waals surface area contributed by atoms with Crippen LogP contribution in [0.5, 0.6) is 0 Å². The van der Waals surface area contributed by atoms with Crippen molar-refractivity contribution in [3.05, 3.63) is 59.1 Å². The predicted molar refractivity (Wildman–Crippen MR) is 65.6 cm³/mol. The molecule has 0 unspecified atom stereocenters. The van der Waals surface area contributed by atoms with E-state index in [9.17, 15) is 4.79 Å². The lowest BCUT2D eigenvalue weighted by atomic mass is 10.1. The average Bonchev–Trinajstić information content (AvgIpc) is 2.39. The lowest BCUT2D eigenvalue weighted by Gasteiger charge is -2.01. The number of benzene rings is 1. The summed E-state index contributed by atoms with van der Waals surface area (Å²) in [5.74, 6) is 0.444. The largest absolute Gasteiger partial charge is 0.321 e. The summed E-state index contributed by atoms with van der Waals surface area (Å²) >= 11 is 0. The molecular formula is C13H9N3O. The Bertz CT molecular complexity index is 719. The van der Waals surface area contributed by atoms with Gasteiger partial charge in [0, 0.05) is 17.9 Å². The molecule has 0 radical (unpaired) electrons. The van der Waals surface area contributed by atoms with E-state index in [4.69, 9.17) is 0 Å². The first-order valence-corrected chi connectivity index (χ1v) is 5.24. The smallest absolute Gasteiger partial charge is 0.259 e. The van der Waals surface area contributed by atoms with Crippen LogP contribution in [0.2, 0.25) is 0 Å². The molecule has 0 saturated heterocycles. The van der Waals surface area contributed by atoms with Gasteiger partial charge in [-0.25, -0.2) is 9.97 Å². The van der Waals surface area contributed by atoms with Crippen LogP contribution < -0.4 is 5.56 Å². The molecule has 4 nitrogen and oxygen atoms in total. The van der Waals surface area contributed by atoms with Crippen molar-refractivity contribution in [1.82, 2.24) is 15.0 Å². The molecule has 17 heavy (non-hydrogen) atoms. The number of rotatable bonds is 1. The SMILES string of the molecule is O=c1[nH]c2ccccc2cc1-c1ncccn1. The molecule has 3 aromatic rings. The second kappa shape index (κ2) is 3.83. The second-order valence-electron chi connectivity index (χ2n) is 3.67. The number of aromatic amines is 1. The van der Waals surface area contributed by atoms with E-state index in [0.717, 1.165) is 10.9 Å². The van der Waals surface area contributed by atoms with Gasteiger partial charge >= 0.3 is 0 Å². The maximum atomic E-state index is 11.9. The topological polar surface area (TPSA) is 58.6 Å². The molecule has 0 spiro atoms. The van der Waals surface area contributed by atoms with Crippen LogP contribution in [0.1, 0.15) is 0 Å². The maximum Gasteiger partial charge on any atom is 0.259 e. The minimum absolute atomic E-state index is 0.171. The molecule has 3 rings (SSSR count). The quantitative estimate of drug-likeness (QED) is 0.686. The average molecular weight is 223 g/mol. The Morgan fingerprint density at radius 2 is 1.76 bits per heavy atom. The van der Waals surface area contributed by atoms with E-state index in [0.29, 0.717) is 11.4 Å². The Kier molecular flexibility index (Phi) is 2.19. The molecule has 0 atom stereocenters. The number of para-hydroxylation sites is 1. The van der Waals surface area contributed by atoms with Crippen molar-refractivity contribution in [3.8, 4) is 11.4 Å². The van der Waals surface area contributed by atoms with Gasteiger partial charge in [-0.3, -0.25) is 4.79 Å². The number of hydrogen-bond acceptors (Lipinski definition) is 3. The van der Waals surface area contributed by atoms with Crippen molar-refractivity contribution in [2.45, 2.75) is 0 Å². The minimum Gasteiger partial charge on any atom is -0.321 e. The molecule has 0 saturated carbocycles. The van der Waals surface area contributed by atoms with E-state index in [-0.39, 0.29) is 5.56 Å². The Labute approximate surface area is 97.0 Å². The van der Waals surface area contributed by atoms with Crippen LogP contribution >= 0.6 is 0 Å². The molecule has 1 N–H and O–H groups in total. The fourth-order valence-electron chi connectivity index (χ4n) is 1.75. The normalized spacial score (nSPS) is 10.6. The fraction of sp³-hybridized carbons (Fsp3) is 0. The van der Waals surface area contributed by atoms with Gasteiger partial charge in [0.15, 0.2) is 5.82 Å². The lowest BCUT2D eigenvalue weighted by Crippen LogP contribution is -2.10. The summed E-state index contributed by atoms with van der Waals surface area (Å²) in [6, 6.07) is 11.2. The van der Waals surface area contributed by atoms with E-state index < -0.39 is 0 Å². The molecule has 0 amide bonds. The lowest BCUT2D eigenvalue weighted by molar-refractivity contribution is 1.15. The van der Waals surface area contributed by atoms with Gasteiger partial charge in [0.2, 0.25) is 0 Å². The first-order chi connectivity index (χ1) is 8.34. The third-order valence-electron chi connectivity index (χ3n) is 2.56. The standard InChI is InChI=1S/C13H9N3O/c17-13-10(12-14-6-3-7-15-12)8-9-4-1-2-5-11(9)16-13/h1-8H,(H,16,17). The minimum atomic E-state index is -0.171. The zero-order chi connectivity index (χ0) is 11.7. The number of pyridine rings is 1. The van der Waals surface area contributed by atoms with E-state index in [2.05, 4.69) is 15.0 Å². The summed E-state index contributed by atoms with van der Waals surface area (Å²) in [5, 5.41) is 0.967. The van der Waals surface area contributed by atoms with Crippen LogP contribution in [0.25, 0.3) is 22.3 Å². The van der Waals surface area contributed by atoms with Crippen molar-refractivity contribution >= 4 is 10.9 Å². The zero-order valence-electron chi connectivity index (χ0n) is 8.92. The number of H-pyrrole nitrogens is 1. The molecule has 2 heterocycles. The van der Waals surface area contributed by atoms with E-state index in [1.54, 1.807) is 18.5 Å². The van der Waals surface area contributed by atoms with Crippen LogP contribution in [0, 0.1) is 0 Å². The van der Waals surface area contributed by atoms with E-state index >= 15 is 0 Å². The van der Waals surface area contributed by atoms with E-state index in [1.165, 1.54) is 0 Å². The van der Waals surface area contributed by atoms with Crippen LogP contribution in [-0.2, 0) is 0 Å². The van der Waals surface area contributed by atoms with E-state index in [1.807, 2.05) is 30.3 Å². The van der Waals surface area contributed by atoms with Gasteiger partial charge in [0.05, 0.1) is 5.56 Å². The van der Waals surface area contributed by atoms with Gasteiger partial charge in [-0.1, -0.05) is 18.2 Å². The summed E-state index contributed by atoms with van der Waals surface area (Å²) in [7, 11) is 0. The molecule has 0 aliphatic carbocycles. The Hall–Kier alpha value is -2.49. The van der Waals surface area contributed by atoms with Crippen LogP contribution in [0.4, 0.5) is 0 Å². The van der Waals surface area contributed by atoms with Crippen LogP contribution in [0.3, 0.4) is 0 Å². The molecule has 0 fully saturated rings. The second-order valence-corrected chi connectivity index (χ2v) is 3.67. The first-order valence-electron chi connectivity index (χ1n) is 5.24. The Balaban J connectivity index is 2.31. The van der Waals surface area contributed by atoms with Gasteiger partial charge in [0.1, 0.15) is 0 Å². The van der Waals surface area contributed by atoms with Gasteiger partial charge in [0.25, 0.3) is 5.56 Å². The Morgan fingerprint density at radius 3 is 2.59 bits per heavy atom. The molecule has 1 aromatic carbocycles. The number of nitrogens with one attached hydrogen (secondary N) is 1. The first kappa shape index (κ1) is 9.72. The molecule has 0 aliphatic heterocycles. The van der Waals surface area contributed by atoms with Gasteiger partial charge in [-0.05, 0) is 23.6 Å². The summed E-state index contributed by atoms with van der Waals surface area (Å²) in [6.45, 7) is 0. The molecule has 4 heteroatoms. The molecular weight excluding hydrogens is 214 g/mol. The zero-order valence-corrected chi connectivity index (χ0v) is 8.92. The van der Waals surface area contributed by atoms with Crippen molar-refractivity contribution in [2.75, 3.05) is 0 Å². The summed E-state index contributed by atoms with van der Waals surface area (Å²) in [4.78, 5) is 22.9. The summed E-state index contributed by atoms with van der Waals surface area (Å²) in [5.41, 5.74) is 1.14. The van der Waals surface area contributed by atoms with Crippen molar-refractivity contribution in [3.63, 3.8) is 0 Å². The highest BCUT2D eigenvalue weighted by molar-refractivity contribution is 5.82. The molecule has 2 aromatic heterocycles. The fourth-order valence-corrected chi connectivity index (χ4v) is 1.75.